The summed E-state index contributed by atoms with van der Waals surface area (Å²) in [6.07, 6.45) is 0.472. The topological polar surface area (TPSA) is 64.6 Å². The van der Waals surface area contributed by atoms with Crippen LogP contribution >= 0.6 is 27.3 Å². The molecule has 132 valence electrons. The summed E-state index contributed by atoms with van der Waals surface area (Å²) >= 11 is 5.09. The number of phenols is 1. The van der Waals surface area contributed by atoms with Gasteiger partial charge >= 0.3 is 0 Å². The number of nitrogens with zero attached hydrogens (tertiary/aromatic N) is 1. The number of fused-ring (bicyclic) bond motifs is 3. The van der Waals surface area contributed by atoms with Crippen molar-refractivity contribution in [3.05, 3.63) is 44.2 Å². The van der Waals surface area contributed by atoms with Crippen LogP contribution in [0.3, 0.4) is 0 Å². The molecule has 2 aliphatic heterocycles. The second-order valence-electron chi connectivity index (χ2n) is 6.78. The maximum Gasteiger partial charge on any atom is 0.256 e. The maximum atomic E-state index is 12.8. The lowest BCUT2D eigenvalue weighted by Crippen LogP contribution is -2.39. The number of aromatic hydroxyl groups is 1. The van der Waals surface area contributed by atoms with Crippen LogP contribution in [0.15, 0.2) is 22.7 Å². The molecule has 0 saturated heterocycles. The van der Waals surface area contributed by atoms with Crippen LogP contribution in [0.2, 0.25) is 0 Å². The van der Waals surface area contributed by atoms with Crippen LogP contribution in [0.4, 0.5) is 5.00 Å². The van der Waals surface area contributed by atoms with Gasteiger partial charge in [0.05, 0.1) is 5.56 Å². The minimum atomic E-state index is -0.432. The summed E-state index contributed by atoms with van der Waals surface area (Å²) in [6, 6.07) is 5.73. The number of hydrogen-bond donors (Lipinski definition) is 3. The number of carbonyl (C=O) groups is 1. The van der Waals surface area contributed by atoms with Gasteiger partial charge in [-0.3, -0.25) is 9.69 Å². The predicted octanol–water partition coefficient (Wildman–Crippen LogP) is 3.84. The fourth-order valence-electron chi connectivity index (χ4n) is 3.49. The van der Waals surface area contributed by atoms with E-state index in [9.17, 15) is 9.90 Å². The molecule has 1 aromatic heterocycles. The first-order valence-corrected chi connectivity index (χ1v) is 9.99. The number of carbonyl (C=O) groups excluding carboxylic acids is 1. The standard InChI is InChI=1S/C18H20BrN3O2S/c1-9(2)22-6-5-11-14(8-22)25-18-15(11)17(24)20-16(21-18)12-7-10(19)3-4-13(12)23/h3-4,7,9,16,21,23H,5-6,8H2,1-2H3,(H,20,24)/t16-/m1/s1. The van der Waals surface area contributed by atoms with E-state index in [0.717, 1.165) is 34.5 Å². The van der Waals surface area contributed by atoms with Gasteiger partial charge in [0, 0.05) is 34.0 Å². The summed E-state index contributed by atoms with van der Waals surface area (Å²) < 4.78 is 0.861. The second kappa shape index (κ2) is 6.30. The Morgan fingerprint density at radius 3 is 2.92 bits per heavy atom. The average Bonchev–Trinajstić information content (AvgIpc) is 2.94. The predicted molar refractivity (Wildman–Crippen MR) is 103 cm³/mol. The Hall–Kier alpha value is -1.57. The molecule has 0 aliphatic carbocycles. The van der Waals surface area contributed by atoms with E-state index < -0.39 is 6.17 Å². The van der Waals surface area contributed by atoms with E-state index in [-0.39, 0.29) is 11.7 Å². The third kappa shape index (κ3) is 2.94. The zero-order chi connectivity index (χ0) is 17.7. The minimum Gasteiger partial charge on any atom is -0.508 e. The molecular weight excluding hydrogens is 402 g/mol. The highest BCUT2D eigenvalue weighted by Gasteiger charge is 2.34. The van der Waals surface area contributed by atoms with E-state index in [1.54, 1.807) is 23.5 Å². The van der Waals surface area contributed by atoms with E-state index >= 15 is 0 Å². The van der Waals surface area contributed by atoms with Gasteiger partial charge in [-0.1, -0.05) is 15.9 Å². The number of hydrogen-bond acceptors (Lipinski definition) is 5. The van der Waals surface area contributed by atoms with E-state index in [0.29, 0.717) is 11.6 Å². The van der Waals surface area contributed by atoms with Gasteiger partial charge in [0.15, 0.2) is 0 Å². The van der Waals surface area contributed by atoms with Gasteiger partial charge in [-0.2, -0.15) is 0 Å². The Morgan fingerprint density at radius 2 is 2.16 bits per heavy atom. The van der Waals surface area contributed by atoms with E-state index in [1.807, 2.05) is 6.07 Å². The van der Waals surface area contributed by atoms with Crippen LogP contribution in [0.5, 0.6) is 5.75 Å². The van der Waals surface area contributed by atoms with E-state index in [1.165, 1.54) is 10.4 Å². The summed E-state index contributed by atoms with van der Waals surface area (Å²) in [4.78, 5) is 16.5. The molecule has 0 spiro atoms. The van der Waals surface area contributed by atoms with Gasteiger partial charge in [-0.05, 0) is 44.0 Å². The minimum absolute atomic E-state index is 0.0615. The van der Waals surface area contributed by atoms with Crippen LogP contribution < -0.4 is 10.6 Å². The van der Waals surface area contributed by atoms with Crippen molar-refractivity contribution >= 4 is 38.2 Å². The lowest BCUT2D eigenvalue weighted by atomic mass is 9.99. The van der Waals surface area contributed by atoms with Crippen LogP contribution in [0.25, 0.3) is 0 Å². The van der Waals surface area contributed by atoms with Crippen molar-refractivity contribution in [3.8, 4) is 5.75 Å². The first-order chi connectivity index (χ1) is 11.9. The molecule has 3 N–H and O–H groups in total. The maximum absolute atomic E-state index is 12.8. The van der Waals surface area contributed by atoms with Gasteiger partial charge in [-0.25, -0.2) is 0 Å². The Morgan fingerprint density at radius 1 is 1.36 bits per heavy atom. The molecule has 1 amide bonds. The molecule has 0 fully saturated rings. The first-order valence-electron chi connectivity index (χ1n) is 8.38. The van der Waals surface area contributed by atoms with Gasteiger partial charge < -0.3 is 15.7 Å². The fraction of sp³-hybridized carbons (Fsp3) is 0.389. The monoisotopic (exact) mass is 421 g/mol. The van der Waals surface area contributed by atoms with Crippen molar-refractivity contribution < 1.29 is 9.90 Å². The Labute approximate surface area is 159 Å². The summed E-state index contributed by atoms with van der Waals surface area (Å²) in [5.74, 6) is 0.102. The van der Waals surface area contributed by atoms with Crippen LogP contribution in [-0.2, 0) is 13.0 Å². The summed E-state index contributed by atoms with van der Waals surface area (Å²) in [5, 5.41) is 17.5. The normalized spacial score (nSPS) is 20.0. The van der Waals surface area contributed by atoms with Crippen molar-refractivity contribution in [1.29, 1.82) is 0 Å². The van der Waals surface area contributed by atoms with Crippen molar-refractivity contribution in [3.63, 3.8) is 0 Å². The first kappa shape index (κ1) is 16.9. The number of nitrogens with one attached hydrogen (secondary N) is 2. The van der Waals surface area contributed by atoms with Crippen molar-refractivity contribution in [2.45, 2.75) is 39.0 Å². The van der Waals surface area contributed by atoms with Gasteiger partial charge in [0.2, 0.25) is 0 Å². The molecule has 4 rings (SSSR count). The van der Waals surface area contributed by atoms with Crippen LogP contribution in [0.1, 0.15) is 46.4 Å². The molecule has 7 heteroatoms. The zero-order valence-electron chi connectivity index (χ0n) is 14.1. The number of rotatable bonds is 2. The van der Waals surface area contributed by atoms with Crippen molar-refractivity contribution in [2.75, 3.05) is 11.9 Å². The Bertz CT molecular complexity index is 849. The largest absolute Gasteiger partial charge is 0.508 e. The summed E-state index contributed by atoms with van der Waals surface area (Å²) in [5.41, 5.74) is 2.62. The highest BCUT2D eigenvalue weighted by molar-refractivity contribution is 9.10. The van der Waals surface area contributed by atoms with E-state index in [2.05, 4.69) is 45.3 Å². The zero-order valence-corrected chi connectivity index (χ0v) is 16.5. The molecular formula is C18H20BrN3O2S. The highest BCUT2D eigenvalue weighted by atomic mass is 79.9. The number of halogens is 1. The summed E-state index contributed by atoms with van der Waals surface area (Å²) in [7, 11) is 0. The number of phenolic OH excluding ortho intramolecular Hbond substituents is 1. The Balaban J connectivity index is 1.68. The van der Waals surface area contributed by atoms with Crippen LogP contribution in [0, 0.1) is 0 Å². The number of amides is 1. The lowest BCUT2D eigenvalue weighted by molar-refractivity contribution is 0.0934. The molecule has 25 heavy (non-hydrogen) atoms. The summed E-state index contributed by atoms with van der Waals surface area (Å²) in [6.45, 7) is 6.29. The smallest absolute Gasteiger partial charge is 0.256 e. The molecule has 0 bridgehead atoms. The molecule has 0 unspecified atom stereocenters. The third-order valence-corrected chi connectivity index (χ3v) is 6.54. The molecule has 3 heterocycles. The third-order valence-electron chi connectivity index (χ3n) is 4.90. The van der Waals surface area contributed by atoms with Crippen LogP contribution in [-0.4, -0.2) is 28.5 Å². The molecule has 2 aliphatic rings. The molecule has 0 radical (unpaired) electrons. The lowest BCUT2D eigenvalue weighted by Gasteiger charge is -2.31. The van der Waals surface area contributed by atoms with Gasteiger partial charge in [0.25, 0.3) is 5.91 Å². The molecule has 5 nitrogen and oxygen atoms in total. The number of anilines is 1. The fourth-order valence-corrected chi connectivity index (χ4v) is 5.17. The van der Waals surface area contributed by atoms with Crippen molar-refractivity contribution in [2.24, 2.45) is 0 Å². The SMILES string of the molecule is CC(C)N1CCc2c(sc3c2C(=O)N[C@@H](c2cc(Br)ccc2O)N3)C1. The molecule has 2 aromatic rings. The van der Waals surface area contributed by atoms with E-state index in [4.69, 9.17) is 0 Å². The Kier molecular flexibility index (Phi) is 4.25. The van der Waals surface area contributed by atoms with Gasteiger partial charge in [0.1, 0.15) is 16.9 Å². The quantitative estimate of drug-likeness (QED) is 0.688. The van der Waals surface area contributed by atoms with Crippen molar-refractivity contribution in [1.82, 2.24) is 10.2 Å². The molecule has 1 aromatic carbocycles. The average molecular weight is 422 g/mol. The highest BCUT2D eigenvalue weighted by Crippen LogP contribution is 2.42. The molecule has 0 saturated carbocycles. The number of benzene rings is 1. The second-order valence-corrected chi connectivity index (χ2v) is 8.80. The van der Waals surface area contributed by atoms with Gasteiger partial charge in [-0.15, -0.1) is 11.3 Å². The number of thiophene rings is 1. The molecule has 1 atom stereocenters.